The van der Waals surface area contributed by atoms with Crippen molar-refractivity contribution in [3.05, 3.63) is 36.0 Å². The number of benzene rings is 1. The van der Waals surface area contributed by atoms with Gasteiger partial charge in [-0.25, -0.2) is 0 Å². The summed E-state index contributed by atoms with van der Waals surface area (Å²) in [7, 11) is 0. The van der Waals surface area contributed by atoms with E-state index in [9.17, 15) is 0 Å². The number of aliphatic imine (C=N–C) groups is 1. The van der Waals surface area contributed by atoms with E-state index < -0.39 is 0 Å². The first-order valence-corrected chi connectivity index (χ1v) is 8.96. The van der Waals surface area contributed by atoms with Crippen molar-refractivity contribution < 1.29 is 0 Å². The van der Waals surface area contributed by atoms with E-state index in [0.29, 0.717) is 6.04 Å². The van der Waals surface area contributed by atoms with Crippen LogP contribution in [-0.4, -0.2) is 30.1 Å². The highest BCUT2D eigenvalue weighted by molar-refractivity contribution is 5.83. The molecule has 1 aromatic carbocycles. The van der Waals surface area contributed by atoms with Gasteiger partial charge in [0.25, 0.3) is 0 Å². The monoisotopic (exact) mass is 312 g/mol. The fourth-order valence-corrected chi connectivity index (χ4v) is 3.38. The van der Waals surface area contributed by atoms with Gasteiger partial charge in [0.05, 0.1) is 0 Å². The molecule has 124 valence electrons. The predicted molar refractivity (Wildman–Crippen MR) is 98.0 cm³/mol. The minimum absolute atomic E-state index is 0.612. The Balaban J connectivity index is 1.51. The van der Waals surface area contributed by atoms with Gasteiger partial charge < -0.3 is 15.6 Å². The molecular formula is C19H28N4. The summed E-state index contributed by atoms with van der Waals surface area (Å²) in [5.41, 5.74) is 2.62. The standard InChI is InChI=1S/C19H28N4/c1-2-20-19(23-16-9-3-4-10-16)21-13-7-8-15-14-22-18-12-6-5-11-17(15)18/h5-6,11-12,14,16,22H,2-4,7-10,13H2,1H3,(H2,20,21,23). The van der Waals surface area contributed by atoms with Crippen LogP contribution in [0.4, 0.5) is 0 Å². The third-order valence-electron chi connectivity index (χ3n) is 4.59. The molecule has 4 heteroatoms. The molecule has 2 aromatic rings. The van der Waals surface area contributed by atoms with E-state index in [2.05, 4.69) is 53.0 Å². The van der Waals surface area contributed by atoms with Gasteiger partial charge >= 0.3 is 0 Å². The molecule has 0 saturated heterocycles. The summed E-state index contributed by atoms with van der Waals surface area (Å²) in [4.78, 5) is 8.09. The number of hydrogen-bond donors (Lipinski definition) is 3. The van der Waals surface area contributed by atoms with Gasteiger partial charge in [0.1, 0.15) is 0 Å². The van der Waals surface area contributed by atoms with Crippen LogP contribution in [-0.2, 0) is 6.42 Å². The topological polar surface area (TPSA) is 52.2 Å². The molecule has 0 aliphatic heterocycles. The van der Waals surface area contributed by atoms with Crippen LogP contribution in [0.3, 0.4) is 0 Å². The SMILES string of the molecule is CCNC(=NCCCc1c[nH]c2ccccc12)NC1CCCC1. The molecule has 1 saturated carbocycles. The minimum atomic E-state index is 0.612. The number of H-pyrrole nitrogens is 1. The number of aromatic nitrogens is 1. The Bertz CT molecular complexity index is 638. The van der Waals surface area contributed by atoms with Crippen molar-refractivity contribution in [1.82, 2.24) is 15.6 Å². The first-order valence-electron chi connectivity index (χ1n) is 8.96. The highest BCUT2D eigenvalue weighted by Crippen LogP contribution is 2.19. The summed E-state index contributed by atoms with van der Waals surface area (Å²) in [6.07, 6.45) is 9.52. The highest BCUT2D eigenvalue weighted by atomic mass is 15.2. The summed E-state index contributed by atoms with van der Waals surface area (Å²) in [6.45, 7) is 3.90. The Morgan fingerprint density at radius 3 is 2.91 bits per heavy atom. The molecule has 1 fully saturated rings. The minimum Gasteiger partial charge on any atom is -0.361 e. The maximum Gasteiger partial charge on any atom is 0.191 e. The van der Waals surface area contributed by atoms with Crippen molar-refractivity contribution in [2.75, 3.05) is 13.1 Å². The van der Waals surface area contributed by atoms with E-state index >= 15 is 0 Å². The van der Waals surface area contributed by atoms with E-state index in [1.165, 1.54) is 42.1 Å². The fourth-order valence-electron chi connectivity index (χ4n) is 3.38. The number of nitrogens with zero attached hydrogens (tertiary/aromatic N) is 1. The van der Waals surface area contributed by atoms with Gasteiger partial charge in [0.15, 0.2) is 5.96 Å². The second kappa shape index (κ2) is 8.04. The average molecular weight is 312 g/mol. The summed E-state index contributed by atoms with van der Waals surface area (Å²) < 4.78 is 0. The van der Waals surface area contributed by atoms with Crippen LogP contribution in [0, 0.1) is 0 Å². The molecule has 1 aromatic heterocycles. The van der Waals surface area contributed by atoms with Crippen molar-refractivity contribution in [3.63, 3.8) is 0 Å². The zero-order chi connectivity index (χ0) is 15.9. The van der Waals surface area contributed by atoms with Crippen LogP contribution < -0.4 is 10.6 Å². The summed E-state index contributed by atoms with van der Waals surface area (Å²) in [5.74, 6) is 0.985. The van der Waals surface area contributed by atoms with Crippen molar-refractivity contribution in [1.29, 1.82) is 0 Å². The normalized spacial score (nSPS) is 16.1. The number of aromatic amines is 1. The third kappa shape index (κ3) is 4.27. The Labute approximate surface area is 138 Å². The Hall–Kier alpha value is -1.97. The van der Waals surface area contributed by atoms with Gasteiger partial charge in [-0.3, -0.25) is 4.99 Å². The number of rotatable bonds is 6. The lowest BCUT2D eigenvalue weighted by Crippen LogP contribution is -2.42. The van der Waals surface area contributed by atoms with E-state index in [1.807, 2.05) is 0 Å². The van der Waals surface area contributed by atoms with Crippen molar-refractivity contribution in [2.45, 2.75) is 51.5 Å². The highest BCUT2D eigenvalue weighted by Gasteiger charge is 2.15. The molecule has 1 aliphatic rings. The summed E-state index contributed by atoms with van der Waals surface area (Å²) >= 11 is 0. The number of nitrogens with one attached hydrogen (secondary N) is 3. The van der Waals surface area contributed by atoms with Crippen molar-refractivity contribution in [2.24, 2.45) is 4.99 Å². The lowest BCUT2D eigenvalue weighted by Gasteiger charge is -2.16. The van der Waals surface area contributed by atoms with Gasteiger partial charge in [-0.1, -0.05) is 31.0 Å². The first-order chi connectivity index (χ1) is 11.4. The molecule has 3 N–H and O–H groups in total. The van der Waals surface area contributed by atoms with Gasteiger partial charge in [0.2, 0.25) is 0 Å². The maximum atomic E-state index is 4.74. The van der Waals surface area contributed by atoms with Crippen LogP contribution in [0.1, 0.15) is 44.6 Å². The van der Waals surface area contributed by atoms with Crippen molar-refractivity contribution in [3.8, 4) is 0 Å². The van der Waals surface area contributed by atoms with E-state index in [0.717, 1.165) is 31.9 Å². The molecule has 1 aliphatic carbocycles. The second-order valence-corrected chi connectivity index (χ2v) is 6.35. The van der Waals surface area contributed by atoms with Gasteiger partial charge in [-0.05, 0) is 44.2 Å². The van der Waals surface area contributed by atoms with Crippen LogP contribution in [0.2, 0.25) is 0 Å². The third-order valence-corrected chi connectivity index (χ3v) is 4.59. The predicted octanol–water partition coefficient (Wildman–Crippen LogP) is 3.60. The van der Waals surface area contributed by atoms with Crippen LogP contribution in [0.5, 0.6) is 0 Å². The number of para-hydroxylation sites is 1. The maximum absolute atomic E-state index is 4.74. The van der Waals surface area contributed by atoms with E-state index in [1.54, 1.807) is 0 Å². The smallest absolute Gasteiger partial charge is 0.191 e. The van der Waals surface area contributed by atoms with Crippen LogP contribution in [0.25, 0.3) is 10.9 Å². The Morgan fingerprint density at radius 1 is 1.26 bits per heavy atom. The lowest BCUT2D eigenvalue weighted by atomic mass is 10.1. The van der Waals surface area contributed by atoms with Crippen molar-refractivity contribution >= 4 is 16.9 Å². The largest absolute Gasteiger partial charge is 0.361 e. The number of fused-ring (bicyclic) bond motifs is 1. The molecule has 23 heavy (non-hydrogen) atoms. The fraction of sp³-hybridized carbons (Fsp3) is 0.526. The number of aryl methyl sites for hydroxylation is 1. The molecule has 0 bridgehead atoms. The molecule has 0 spiro atoms. The second-order valence-electron chi connectivity index (χ2n) is 6.35. The van der Waals surface area contributed by atoms with Gasteiger partial charge in [-0.2, -0.15) is 0 Å². The van der Waals surface area contributed by atoms with Gasteiger partial charge in [0, 0.05) is 36.2 Å². The van der Waals surface area contributed by atoms with E-state index in [4.69, 9.17) is 4.99 Å². The molecular weight excluding hydrogens is 284 g/mol. The van der Waals surface area contributed by atoms with E-state index in [-0.39, 0.29) is 0 Å². The molecule has 4 nitrogen and oxygen atoms in total. The zero-order valence-corrected chi connectivity index (χ0v) is 14.1. The molecule has 0 unspecified atom stereocenters. The number of guanidine groups is 1. The summed E-state index contributed by atoms with van der Waals surface area (Å²) in [6, 6.07) is 9.11. The van der Waals surface area contributed by atoms with Crippen LogP contribution in [0.15, 0.2) is 35.5 Å². The molecule has 0 atom stereocenters. The summed E-state index contributed by atoms with van der Waals surface area (Å²) in [5, 5.41) is 8.28. The molecule has 1 heterocycles. The lowest BCUT2D eigenvalue weighted by molar-refractivity contribution is 0.613. The molecule has 0 amide bonds. The quantitative estimate of drug-likeness (QED) is 0.434. The first kappa shape index (κ1) is 15.9. The molecule has 0 radical (unpaired) electrons. The Kier molecular flexibility index (Phi) is 5.56. The average Bonchev–Trinajstić information content (AvgIpc) is 3.21. The molecule has 3 rings (SSSR count). The van der Waals surface area contributed by atoms with Gasteiger partial charge in [-0.15, -0.1) is 0 Å². The number of hydrogen-bond acceptors (Lipinski definition) is 1. The Morgan fingerprint density at radius 2 is 2.09 bits per heavy atom. The van der Waals surface area contributed by atoms with Crippen LogP contribution >= 0.6 is 0 Å². The zero-order valence-electron chi connectivity index (χ0n) is 14.1.